The van der Waals surface area contributed by atoms with Gasteiger partial charge in [-0.3, -0.25) is 0 Å². The van der Waals surface area contributed by atoms with E-state index in [4.69, 9.17) is 13.6 Å². The molecule has 1 amide bonds. The normalized spacial score (nSPS) is 18.2. The summed E-state index contributed by atoms with van der Waals surface area (Å²) in [6.45, 7) is 4.46. The van der Waals surface area contributed by atoms with Crippen molar-refractivity contribution >= 4 is 6.09 Å². The molecule has 0 aromatic carbocycles. The highest BCUT2D eigenvalue weighted by Crippen LogP contribution is 2.23. The van der Waals surface area contributed by atoms with Crippen LogP contribution in [0.15, 0.2) is 13.6 Å². The topological polar surface area (TPSA) is 72.9 Å². The maximum absolute atomic E-state index is 12.1. The van der Waals surface area contributed by atoms with Gasteiger partial charge in [0.05, 0.1) is 0 Å². The van der Waals surface area contributed by atoms with E-state index in [9.17, 15) is 9.59 Å². The molecule has 1 saturated heterocycles. The lowest BCUT2D eigenvalue weighted by Gasteiger charge is -2.23. The molecule has 6 nitrogen and oxygen atoms in total. The summed E-state index contributed by atoms with van der Waals surface area (Å²) >= 11 is 0. The van der Waals surface area contributed by atoms with Crippen LogP contribution in [0, 0.1) is 6.92 Å². The second-order valence-electron chi connectivity index (χ2n) is 5.47. The lowest BCUT2D eigenvalue weighted by Crippen LogP contribution is -2.35. The molecule has 118 valence electrons. The highest BCUT2D eigenvalue weighted by Gasteiger charge is 2.29. The molecule has 0 radical (unpaired) electrons. The van der Waals surface area contributed by atoms with E-state index in [2.05, 4.69) is 6.92 Å². The molecular formula is C15H23NO5. The molecule has 2 rings (SSSR count). The van der Waals surface area contributed by atoms with Gasteiger partial charge >= 0.3 is 11.9 Å². The molecule has 1 unspecified atom stereocenters. The lowest BCUT2D eigenvalue weighted by molar-refractivity contribution is 0.0839. The van der Waals surface area contributed by atoms with Gasteiger partial charge < -0.3 is 18.5 Å². The summed E-state index contributed by atoms with van der Waals surface area (Å²) in [7, 11) is 0. The van der Waals surface area contributed by atoms with Crippen LogP contribution >= 0.6 is 0 Å². The van der Waals surface area contributed by atoms with Gasteiger partial charge in [0.25, 0.3) is 0 Å². The first-order valence-electron chi connectivity index (χ1n) is 7.64. The third-order valence-corrected chi connectivity index (χ3v) is 3.91. The monoisotopic (exact) mass is 297 g/mol. The van der Waals surface area contributed by atoms with E-state index < -0.39 is 5.82 Å². The third-order valence-electron chi connectivity index (χ3n) is 3.91. The first kappa shape index (κ1) is 15.7. The van der Waals surface area contributed by atoms with Crippen LogP contribution in [0.4, 0.5) is 4.79 Å². The summed E-state index contributed by atoms with van der Waals surface area (Å²) in [4.78, 5) is 24.9. The van der Waals surface area contributed by atoms with Crippen LogP contribution in [0.2, 0.25) is 0 Å². The Bertz CT molecular complexity index is 518. The molecule has 0 saturated carbocycles. The van der Waals surface area contributed by atoms with Crippen molar-refractivity contribution in [3.63, 3.8) is 0 Å². The third kappa shape index (κ3) is 4.12. The maximum Gasteiger partial charge on any atom is 0.519 e. The van der Waals surface area contributed by atoms with Crippen LogP contribution in [-0.2, 0) is 11.3 Å². The first-order chi connectivity index (χ1) is 10.1. The number of rotatable bonds is 6. The number of likely N-dealkylation sites (tertiary alicyclic amines) is 1. The summed E-state index contributed by atoms with van der Waals surface area (Å²) in [5.74, 6) is -0.138. The predicted molar refractivity (Wildman–Crippen MR) is 76.0 cm³/mol. The fourth-order valence-corrected chi connectivity index (χ4v) is 2.72. The highest BCUT2D eigenvalue weighted by molar-refractivity contribution is 5.68. The minimum atomic E-state index is -0.767. The first-order valence-corrected chi connectivity index (χ1v) is 7.64. The lowest BCUT2D eigenvalue weighted by atomic mass is 10.1. The zero-order chi connectivity index (χ0) is 15.2. The Balaban J connectivity index is 1.84. The number of carbonyl (C=O) groups is 1. The zero-order valence-electron chi connectivity index (χ0n) is 12.7. The molecule has 1 atom stereocenters. The van der Waals surface area contributed by atoms with E-state index in [0.29, 0.717) is 5.76 Å². The Hall–Kier alpha value is -1.72. The van der Waals surface area contributed by atoms with Crippen molar-refractivity contribution in [1.29, 1.82) is 0 Å². The van der Waals surface area contributed by atoms with Crippen molar-refractivity contribution in [1.82, 2.24) is 4.90 Å². The zero-order valence-corrected chi connectivity index (χ0v) is 12.7. The van der Waals surface area contributed by atoms with Gasteiger partial charge in [0.1, 0.15) is 0 Å². The largest absolute Gasteiger partial charge is 0.519 e. The Morgan fingerprint density at radius 1 is 1.38 bits per heavy atom. The SMILES string of the molecule is CCCCCC1CCCN1C(=O)OCc1oc(=O)oc1C. The molecule has 1 aliphatic heterocycles. The molecule has 1 aliphatic rings. The number of nitrogens with zero attached hydrogens (tertiary/aromatic N) is 1. The smallest absolute Gasteiger partial charge is 0.441 e. The number of amides is 1. The second-order valence-corrected chi connectivity index (χ2v) is 5.47. The van der Waals surface area contributed by atoms with Crippen LogP contribution in [0.1, 0.15) is 57.0 Å². The Labute approximate surface area is 124 Å². The molecule has 1 aromatic heterocycles. The van der Waals surface area contributed by atoms with Crippen LogP contribution < -0.4 is 5.82 Å². The van der Waals surface area contributed by atoms with Gasteiger partial charge in [0.2, 0.25) is 0 Å². The quantitative estimate of drug-likeness (QED) is 0.754. The van der Waals surface area contributed by atoms with E-state index in [1.807, 2.05) is 0 Å². The van der Waals surface area contributed by atoms with E-state index >= 15 is 0 Å². The van der Waals surface area contributed by atoms with Crippen molar-refractivity contribution in [2.75, 3.05) is 6.54 Å². The number of hydrogen-bond donors (Lipinski definition) is 0. The molecule has 0 bridgehead atoms. The van der Waals surface area contributed by atoms with Crippen molar-refractivity contribution in [3.8, 4) is 0 Å². The van der Waals surface area contributed by atoms with Gasteiger partial charge in [-0.1, -0.05) is 26.2 Å². The van der Waals surface area contributed by atoms with E-state index in [1.54, 1.807) is 11.8 Å². The molecule has 0 spiro atoms. The van der Waals surface area contributed by atoms with E-state index in [0.717, 1.165) is 32.2 Å². The van der Waals surface area contributed by atoms with Gasteiger partial charge in [0, 0.05) is 12.6 Å². The minimum Gasteiger partial charge on any atom is -0.441 e. The Morgan fingerprint density at radius 3 is 2.86 bits per heavy atom. The van der Waals surface area contributed by atoms with Crippen LogP contribution in [0.3, 0.4) is 0 Å². The minimum absolute atomic E-state index is 0.0609. The fraction of sp³-hybridized carbons (Fsp3) is 0.733. The molecule has 2 heterocycles. The van der Waals surface area contributed by atoms with Gasteiger partial charge in [-0.2, -0.15) is 0 Å². The standard InChI is InChI=1S/C15H23NO5/c1-3-4-5-7-12-8-6-9-16(12)14(17)19-10-13-11(2)20-15(18)21-13/h12H,3-10H2,1-2H3. The molecule has 1 fully saturated rings. The van der Waals surface area contributed by atoms with Crippen LogP contribution in [0.25, 0.3) is 0 Å². The highest BCUT2D eigenvalue weighted by atomic mass is 16.6. The summed E-state index contributed by atoms with van der Waals surface area (Å²) in [5.41, 5.74) is 0. The fourth-order valence-electron chi connectivity index (χ4n) is 2.72. The van der Waals surface area contributed by atoms with Crippen LogP contribution in [0.5, 0.6) is 0 Å². The molecule has 21 heavy (non-hydrogen) atoms. The van der Waals surface area contributed by atoms with E-state index in [1.165, 1.54) is 12.8 Å². The number of aryl methyl sites for hydroxylation is 1. The Morgan fingerprint density at radius 2 is 2.19 bits per heavy atom. The average molecular weight is 297 g/mol. The molecule has 6 heteroatoms. The van der Waals surface area contributed by atoms with Gasteiger partial charge in [0.15, 0.2) is 18.1 Å². The second kappa shape index (κ2) is 7.33. The summed E-state index contributed by atoms with van der Waals surface area (Å²) in [6.07, 6.45) is 6.26. The molecule has 0 aliphatic carbocycles. The Kier molecular flexibility index (Phi) is 5.47. The summed E-state index contributed by atoms with van der Waals surface area (Å²) in [5, 5.41) is 0. The molecular weight excluding hydrogens is 274 g/mol. The number of hydrogen-bond acceptors (Lipinski definition) is 5. The van der Waals surface area contributed by atoms with Crippen molar-refractivity contribution in [2.45, 2.75) is 65.0 Å². The molecule has 1 aromatic rings. The van der Waals surface area contributed by atoms with Gasteiger partial charge in [-0.25, -0.2) is 9.59 Å². The van der Waals surface area contributed by atoms with Crippen molar-refractivity contribution < 1.29 is 18.4 Å². The number of ether oxygens (including phenoxy) is 1. The van der Waals surface area contributed by atoms with Crippen LogP contribution in [-0.4, -0.2) is 23.6 Å². The van der Waals surface area contributed by atoms with Crippen molar-refractivity contribution in [2.24, 2.45) is 0 Å². The number of unbranched alkanes of at least 4 members (excludes halogenated alkanes) is 2. The molecule has 0 N–H and O–H groups in total. The average Bonchev–Trinajstić information content (AvgIpc) is 3.03. The van der Waals surface area contributed by atoms with Crippen molar-refractivity contribution in [3.05, 3.63) is 22.1 Å². The summed E-state index contributed by atoms with van der Waals surface area (Å²) < 4.78 is 14.8. The van der Waals surface area contributed by atoms with Gasteiger partial charge in [-0.15, -0.1) is 0 Å². The van der Waals surface area contributed by atoms with Gasteiger partial charge in [-0.05, 0) is 26.2 Å². The summed E-state index contributed by atoms with van der Waals surface area (Å²) in [6, 6.07) is 0.279. The number of carbonyl (C=O) groups excluding carboxylic acids is 1. The van der Waals surface area contributed by atoms with E-state index in [-0.39, 0.29) is 24.5 Å². The maximum atomic E-state index is 12.1. The predicted octanol–water partition coefficient (Wildman–Crippen LogP) is 3.22.